The highest BCUT2D eigenvalue weighted by atomic mass is 31.2. The van der Waals surface area contributed by atoms with E-state index in [4.69, 9.17) is 9.26 Å². The molecule has 1 rings (SSSR count). The Morgan fingerprint density at radius 1 is 1.29 bits per heavy atom. The number of phosphoric ester groups is 1. The van der Waals surface area contributed by atoms with E-state index in [2.05, 4.69) is 14.5 Å². The predicted molar refractivity (Wildman–Crippen MR) is 60.1 cm³/mol. The van der Waals surface area contributed by atoms with Gasteiger partial charge >= 0.3 is 7.82 Å². The molecular formula is C9H15N2O5P. The highest BCUT2D eigenvalue weighted by molar-refractivity contribution is 7.47. The van der Waals surface area contributed by atoms with Crippen LogP contribution in [0.25, 0.3) is 0 Å². The largest absolute Gasteiger partial charge is 0.528 e. The van der Waals surface area contributed by atoms with E-state index in [9.17, 15) is 9.46 Å². The van der Waals surface area contributed by atoms with Crippen molar-refractivity contribution in [3.05, 3.63) is 11.9 Å². The van der Waals surface area contributed by atoms with Crippen molar-refractivity contribution in [1.82, 2.24) is 9.97 Å². The fourth-order valence-electron chi connectivity index (χ4n) is 0.986. The van der Waals surface area contributed by atoms with Crippen LogP contribution in [-0.2, 0) is 9.09 Å². The Morgan fingerprint density at radius 3 is 2.35 bits per heavy atom. The fraction of sp³-hybridized carbons (Fsp3) is 0.556. The third-order valence-corrected chi connectivity index (χ3v) is 2.74. The Morgan fingerprint density at radius 2 is 1.88 bits per heavy atom. The number of methoxy groups -OCH3 is 1. The van der Waals surface area contributed by atoms with Crippen molar-refractivity contribution in [2.45, 2.75) is 19.8 Å². The van der Waals surface area contributed by atoms with E-state index in [0.717, 1.165) is 7.11 Å². The molecule has 1 atom stereocenters. The lowest BCUT2D eigenvalue weighted by Crippen LogP contribution is -2.03. The summed E-state index contributed by atoms with van der Waals surface area (Å²) in [6.07, 6.45) is 0. The van der Waals surface area contributed by atoms with Gasteiger partial charge in [-0.2, -0.15) is 9.97 Å². The number of hydrogen-bond acceptors (Lipinski definition) is 6. The summed E-state index contributed by atoms with van der Waals surface area (Å²) in [6, 6.07) is 1.31. The van der Waals surface area contributed by atoms with Crippen molar-refractivity contribution in [2.75, 3.05) is 14.2 Å². The van der Waals surface area contributed by atoms with Crippen LogP contribution >= 0.6 is 7.82 Å². The Balaban J connectivity index is 3.07. The third kappa shape index (κ3) is 3.96. The fourth-order valence-corrected chi connectivity index (χ4v) is 1.39. The molecule has 0 spiro atoms. The van der Waals surface area contributed by atoms with Gasteiger partial charge in [0.1, 0.15) is 5.82 Å². The Kier molecular flexibility index (Phi) is 4.45. The Hall–Kier alpha value is -1.17. The van der Waals surface area contributed by atoms with Crippen LogP contribution in [-0.4, -0.2) is 29.1 Å². The van der Waals surface area contributed by atoms with Crippen molar-refractivity contribution in [2.24, 2.45) is 0 Å². The smallest absolute Gasteiger partial charge is 0.481 e. The van der Waals surface area contributed by atoms with Crippen LogP contribution in [0.15, 0.2) is 6.07 Å². The summed E-state index contributed by atoms with van der Waals surface area (Å²) >= 11 is 0. The van der Waals surface area contributed by atoms with Gasteiger partial charge in [-0.3, -0.25) is 9.42 Å². The summed E-state index contributed by atoms with van der Waals surface area (Å²) in [5, 5.41) is 0. The van der Waals surface area contributed by atoms with Gasteiger partial charge in [0.2, 0.25) is 11.8 Å². The SMILES string of the molecule is COc1cc(OP(=O)(O)OC)nc(C(C)C)n1. The molecule has 0 aromatic carbocycles. The topological polar surface area (TPSA) is 90.8 Å². The van der Waals surface area contributed by atoms with E-state index in [-0.39, 0.29) is 17.7 Å². The van der Waals surface area contributed by atoms with Crippen molar-refractivity contribution in [1.29, 1.82) is 0 Å². The summed E-state index contributed by atoms with van der Waals surface area (Å²) in [6.45, 7) is 3.76. The Labute approximate surface area is 99.4 Å². The summed E-state index contributed by atoms with van der Waals surface area (Å²) in [7, 11) is -1.61. The zero-order valence-corrected chi connectivity index (χ0v) is 11.0. The second kappa shape index (κ2) is 5.44. The van der Waals surface area contributed by atoms with Gasteiger partial charge in [0.15, 0.2) is 0 Å². The molecular weight excluding hydrogens is 247 g/mol. The summed E-state index contributed by atoms with van der Waals surface area (Å²) < 4.78 is 25.2. The minimum atomic E-state index is -4.12. The van der Waals surface area contributed by atoms with Crippen molar-refractivity contribution in [3.8, 4) is 11.8 Å². The highest BCUT2D eigenvalue weighted by Crippen LogP contribution is 2.42. The quantitative estimate of drug-likeness (QED) is 0.808. The minimum Gasteiger partial charge on any atom is -0.481 e. The Bertz CT molecular complexity index is 437. The van der Waals surface area contributed by atoms with Crippen LogP contribution in [0.3, 0.4) is 0 Å². The highest BCUT2D eigenvalue weighted by Gasteiger charge is 2.22. The van der Waals surface area contributed by atoms with E-state index >= 15 is 0 Å². The number of nitrogens with zero attached hydrogens (tertiary/aromatic N) is 2. The second-order valence-electron chi connectivity index (χ2n) is 3.50. The van der Waals surface area contributed by atoms with E-state index in [1.807, 2.05) is 13.8 Å². The first kappa shape index (κ1) is 13.9. The van der Waals surface area contributed by atoms with Gasteiger partial charge in [0.05, 0.1) is 13.2 Å². The molecule has 1 aromatic rings. The molecule has 17 heavy (non-hydrogen) atoms. The maximum Gasteiger partial charge on any atom is 0.528 e. The number of ether oxygens (including phenoxy) is 1. The van der Waals surface area contributed by atoms with Crippen LogP contribution < -0.4 is 9.26 Å². The average Bonchev–Trinajstić information content (AvgIpc) is 2.28. The molecule has 0 saturated carbocycles. The number of rotatable bonds is 5. The molecule has 0 aliphatic heterocycles. The summed E-state index contributed by atoms with van der Waals surface area (Å²) in [5.74, 6) is 0.687. The van der Waals surface area contributed by atoms with Gasteiger partial charge in [-0.15, -0.1) is 0 Å². The van der Waals surface area contributed by atoms with Crippen LogP contribution in [0.2, 0.25) is 0 Å². The van der Waals surface area contributed by atoms with Gasteiger partial charge in [0, 0.05) is 13.0 Å². The molecule has 0 radical (unpaired) electrons. The van der Waals surface area contributed by atoms with Crippen LogP contribution in [0.4, 0.5) is 0 Å². The van der Waals surface area contributed by atoms with Crippen LogP contribution in [0, 0.1) is 0 Å². The first-order chi connectivity index (χ1) is 7.88. The van der Waals surface area contributed by atoms with Crippen LogP contribution in [0.5, 0.6) is 11.8 Å². The zero-order valence-electron chi connectivity index (χ0n) is 10.1. The van der Waals surface area contributed by atoms with E-state index < -0.39 is 7.82 Å². The maximum absolute atomic E-state index is 11.2. The van der Waals surface area contributed by atoms with E-state index in [1.54, 1.807) is 0 Å². The monoisotopic (exact) mass is 262 g/mol. The molecule has 0 amide bonds. The maximum atomic E-state index is 11.2. The second-order valence-corrected chi connectivity index (χ2v) is 4.99. The third-order valence-electron chi connectivity index (χ3n) is 1.86. The normalized spacial score (nSPS) is 14.5. The van der Waals surface area contributed by atoms with Gasteiger partial charge in [-0.05, 0) is 0 Å². The lowest BCUT2D eigenvalue weighted by atomic mass is 10.2. The lowest BCUT2D eigenvalue weighted by Gasteiger charge is -2.12. The number of phosphoric acid groups is 1. The van der Waals surface area contributed by atoms with Gasteiger partial charge in [-0.1, -0.05) is 13.8 Å². The molecule has 1 heterocycles. The van der Waals surface area contributed by atoms with Crippen molar-refractivity contribution < 1.29 is 23.2 Å². The molecule has 0 saturated heterocycles. The zero-order chi connectivity index (χ0) is 13.1. The molecule has 1 aromatic heterocycles. The molecule has 0 bridgehead atoms. The summed E-state index contributed by atoms with van der Waals surface area (Å²) in [5.41, 5.74) is 0. The molecule has 96 valence electrons. The molecule has 1 N–H and O–H groups in total. The van der Waals surface area contributed by atoms with Gasteiger partial charge in [-0.25, -0.2) is 4.57 Å². The molecule has 0 aliphatic carbocycles. The van der Waals surface area contributed by atoms with Crippen LogP contribution in [0.1, 0.15) is 25.6 Å². The molecule has 0 fully saturated rings. The van der Waals surface area contributed by atoms with Crippen molar-refractivity contribution >= 4 is 7.82 Å². The van der Waals surface area contributed by atoms with E-state index in [0.29, 0.717) is 5.82 Å². The molecule has 1 unspecified atom stereocenters. The van der Waals surface area contributed by atoms with E-state index in [1.165, 1.54) is 13.2 Å². The van der Waals surface area contributed by atoms with Gasteiger partial charge in [0.25, 0.3) is 0 Å². The van der Waals surface area contributed by atoms with Crippen molar-refractivity contribution in [3.63, 3.8) is 0 Å². The standard InChI is InChI=1S/C9H15N2O5P/c1-6(2)9-10-7(14-3)5-8(11-9)16-17(12,13)15-4/h5-6H,1-4H3,(H,12,13). The van der Waals surface area contributed by atoms with Gasteiger partial charge < -0.3 is 9.26 Å². The molecule has 8 heteroatoms. The predicted octanol–water partition coefficient (Wildman–Crippen LogP) is 1.73. The average molecular weight is 262 g/mol. The molecule has 7 nitrogen and oxygen atoms in total. The number of hydrogen-bond donors (Lipinski definition) is 1. The minimum absolute atomic E-state index is 0.0353. The molecule has 0 aliphatic rings. The number of aromatic nitrogens is 2. The lowest BCUT2D eigenvalue weighted by molar-refractivity contribution is 0.239. The first-order valence-corrected chi connectivity index (χ1v) is 6.38. The first-order valence-electron chi connectivity index (χ1n) is 4.89. The summed E-state index contributed by atoms with van der Waals surface area (Å²) in [4.78, 5) is 17.2.